The van der Waals surface area contributed by atoms with Crippen molar-refractivity contribution in [3.63, 3.8) is 0 Å². The van der Waals surface area contributed by atoms with Crippen LogP contribution in [0.15, 0.2) is 48.7 Å². The number of amides is 2. The van der Waals surface area contributed by atoms with Gasteiger partial charge in [0, 0.05) is 41.5 Å². The van der Waals surface area contributed by atoms with Crippen LogP contribution >= 0.6 is 11.6 Å². The Morgan fingerprint density at radius 1 is 1.14 bits per heavy atom. The molecule has 10 heteroatoms. The number of terminal acetylenes is 1. The zero-order chi connectivity index (χ0) is 25.8. The molecule has 0 bridgehead atoms. The third-order valence-electron chi connectivity index (χ3n) is 5.60. The molecule has 1 aromatic heterocycles. The SMILES string of the molecule is C#Cc1ccc(NC(=O)c2cc(Cl)cc(OC)c2NC(=O)c2ccc(C(=N)N3CCC3)cc2F)nc1. The highest BCUT2D eigenvalue weighted by Gasteiger charge is 2.24. The molecular formula is C26H21ClFN5O3. The highest BCUT2D eigenvalue weighted by Crippen LogP contribution is 2.33. The average molecular weight is 506 g/mol. The van der Waals surface area contributed by atoms with Gasteiger partial charge in [0.1, 0.15) is 23.2 Å². The number of ether oxygens (including phenoxy) is 1. The second-order valence-electron chi connectivity index (χ2n) is 7.90. The van der Waals surface area contributed by atoms with Crippen LogP contribution in [0.2, 0.25) is 5.02 Å². The van der Waals surface area contributed by atoms with Gasteiger partial charge in [-0.15, -0.1) is 6.42 Å². The lowest BCUT2D eigenvalue weighted by atomic mass is 10.1. The van der Waals surface area contributed by atoms with Gasteiger partial charge in [-0.2, -0.15) is 0 Å². The van der Waals surface area contributed by atoms with E-state index in [9.17, 15) is 14.0 Å². The first-order valence-corrected chi connectivity index (χ1v) is 11.2. The van der Waals surface area contributed by atoms with Crippen molar-refractivity contribution in [1.82, 2.24) is 9.88 Å². The Kier molecular flexibility index (Phi) is 7.17. The van der Waals surface area contributed by atoms with Gasteiger partial charge in [0.25, 0.3) is 11.8 Å². The van der Waals surface area contributed by atoms with Gasteiger partial charge in [-0.25, -0.2) is 9.37 Å². The second kappa shape index (κ2) is 10.5. The molecule has 0 saturated carbocycles. The minimum atomic E-state index is -0.805. The third-order valence-corrected chi connectivity index (χ3v) is 5.82. The molecule has 0 unspecified atom stereocenters. The van der Waals surface area contributed by atoms with Crippen LogP contribution in [0.5, 0.6) is 5.75 Å². The number of hydrogen-bond acceptors (Lipinski definition) is 5. The van der Waals surface area contributed by atoms with E-state index in [0.29, 0.717) is 11.1 Å². The van der Waals surface area contributed by atoms with E-state index < -0.39 is 17.6 Å². The first-order valence-electron chi connectivity index (χ1n) is 10.9. The lowest BCUT2D eigenvalue weighted by molar-refractivity contribution is 0.102. The minimum absolute atomic E-state index is 0.00134. The van der Waals surface area contributed by atoms with Crippen molar-refractivity contribution in [3.8, 4) is 18.1 Å². The number of anilines is 2. The molecule has 3 N–H and O–H groups in total. The Hall–Kier alpha value is -4.42. The number of aromatic nitrogens is 1. The van der Waals surface area contributed by atoms with E-state index in [-0.39, 0.29) is 39.2 Å². The molecule has 2 heterocycles. The zero-order valence-corrected chi connectivity index (χ0v) is 19.9. The van der Waals surface area contributed by atoms with E-state index in [2.05, 4.69) is 21.5 Å². The van der Waals surface area contributed by atoms with Gasteiger partial charge in [-0.05, 0) is 36.8 Å². The Labute approximate surface area is 211 Å². The number of halogens is 2. The molecule has 3 aromatic rings. The molecule has 182 valence electrons. The summed E-state index contributed by atoms with van der Waals surface area (Å²) < 4.78 is 20.2. The fourth-order valence-electron chi connectivity index (χ4n) is 3.54. The lowest BCUT2D eigenvalue weighted by Gasteiger charge is -2.33. The van der Waals surface area contributed by atoms with Crippen molar-refractivity contribution in [2.45, 2.75) is 6.42 Å². The summed E-state index contributed by atoms with van der Waals surface area (Å²) in [5.41, 5.74) is 0.633. The number of pyridine rings is 1. The fourth-order valence-corrected chi connectivity index (χ4v) is 3.75. The predicted octanol–water partition coefficient (Wildman–Crippen LogP) is 4.40. The number of nitrogens with one attached hydrogen (secondary N) is 3. The number of rotatable bonds is 6. The molecule has 0 aliphatic carbocycles. The number of benzene rings is 2. The second-order valence-corrected chi connectivity index (χ2v) is 8.34. The molecule has 0 radical (unpaired) electrons. The van der Waals surface area contributed by atoms with Gasteiger partial charge >= 0.3 is 0 Å². The Balaban J connectivity index is 1.61. The summed E-state index contributed by atoms with van der Waals surface area (Å²) in [5.74, 6) is 0.726. The highest BCUT2D eigenvalue weighted by molar-refractivity contribution is 6.31. The van der Waals surface area contributed by atoms with Crippen molar-refractivity contribution in [3.05, 3.63) is 81.8 Å². The predicted molar refractivity (Wildman–Crippen MR) is 136 cm³/mol. The van der Waals surface area contributed by atoms with Gasteiger partial charge < -0.3 is 20.3 Å². The first-order chi connectivity index (χ1) is 17.3. The van der Waals surface area contributed by atoms with Gasteiger partial charge in [0.05, 0.1) is 23.9 Å². The Morgan fingerprint density at radius 2 is 1.89 bits per heavy atom. The van der Waals surface area contributed by atoms with Crippen LogP contribution in [-0.4, -0.2) is 47.7 Å². The minimum Gasteiger partial charge on any atom is -0.494 e. The first kappa shape index (κ1) is 24.7. The van der Waals surface area contributed by atoms with Crippen molar-refractivity contribution in [1.29, 1.82) is 5.41 Å². The van der Waals surface area contributed by atoms with E-state index in [0.717, 1.165) is 25.6 Å². The van der Waals surface area contributed by atoms with Gasteiger partial charge in [-0.3, -0.25) is 15.0 Å². The number of hydrogen-bond donors (Lipinski definition) is 3. The van der Waals surface area contributed by atoms with Crippen LogP contribution in [-0.2, 0) is 0 Å². The van der Waals surface area contributed by atoms with Crippen molar-refractivity contribution in [2.24, 2.45) is 0 Å². The molecule has 1 aliphatic rings. The van der Waals surface area contributed by atoms with E-state index in [1.54, 1.807) is 6.07 Å². The van der Waals surface area contributed by atoms with E-state index in [1.165, 1.54) is 43.6 Å². The van der Waals surface area contributed by atoms with Crippen LogP contribution in [0.3, 0.4) is 0 Å². The normalized spacial score (nSPS) is 12.2. The average Bonchev–Trinajstić information content (AvgIpc) is 2.83. The van der Waals surface area contributed by atoms with E-state index in [4.69, 9.17) is 28.2 Å². The molecule has 4 rings (SSSR count). The number of amidine groups is 1. The smallest absolute Gasteiger partial charge is 0.259 e. The number of likely N-dealkylation sites (tertiary alicyclic amines) is 1. The maximum Gasteiger partial charge on any atom is 0.259 e. The lowest BCUT2D eigenvalue weighted by Crippen LogP contribution is -2.42. The summed E-state index contributed by atoms with van der Waals surface area (Å²) in [7, 11) is 1.35. The van der Waals surface area contributed by atoms with Crippen LogP contribution in [0.4, 0.5) is 15.9 Å². The Bertz CT molecular complexity index is 1400. The number of carbonyl (C=O) groups excluding carboxylic acids is 2. The van der Waals surface area contributed by atoms with E-state index in [1.807, 2.05) is 4.90 Å². The van der Waals surface area contributed by atoms with Crippen LogP contribution in [0.1, 0.15) is 38.3 Å². The zero-order valence-electron chi connectivity index (χ0n) is 19.2. The summed E-state index contributed by atoms with van der Waals surface area (Å²) in [5, 5.41) is 13.5. The van der Waals surface area contributed by atoms with Crippen molar-refractivity contribution < 1.29 is 18.7 Å². The molecule has 8 nitrogen and oxygen atoms in total. The number of methoxy groups -OCH3 is 1. The Morgan fingerprint density at radius 3 is 2.47 bits per heavy atom. The molecule has 1 fully saturated rings. The molecule has 2 aromatic carbocycles. The summed E-state index contributed by atoms with van der Waals surface area (Å²) >= 11 is 6.16. The summed E-state index contributed by atoms with van der Waals surface area (Å²) in [6.45, 7) is 1.49. The third kappa shape index (κ3) is 5.14. The van der Waals surface area contributed by atoms with Crippen molar-refractivity contribution >= 4 is 40.8 Å². The maximum atomic E-state index is 14.9. The van der Waals surface area contributed by atoms with Crippen molar-refractivity contribution in [2.75, 3.05) is 30.8 Å². The van der Waals surface area contributed by atoms with Gasteiger partial charge in [0.2, 0.25) is 0 Å². The highest BCUT2D eigenvalue weighted by atomic mass is 35.5. The standard InChI is InChI=1S/C26H21ClFN5O3/c1-3-15-5-8-22(30-14-15)31-26(35)19-12-17(27)13-21(36-2)23(19)32-25(34)18-7-6-16(11-20(18)28)24(29)33-9-4-10-33/h1,5-8,11-14,29H,4,9-10H2,2H3,(H,32,34)(H,30,31,35). The molecular weight excluding hydrogens is 485 g/mol. The summed E-state index contributed by atoms with van der Waals surface area (Å²) in [6, 6.07) is 9.86. The molecule has 0 atom stereocenters. The van der Waals surface area contributed by atoms with Crippen LogP contribution in [0, 0.1) is 23.6 Å². The molecule has 0 spiro atoms. The largest absolute Gasteiger partial charge is 0.494 e. The molecule has 1 aliphatic heterocycles. The van der Waals surface area contributed by atoms with E-state index >= 15 is 0 Å². The van der Waals surface area contributed by atoms with Gasteiger partial charge in [0.15, 0.2) is 0 Å². The fraction of sp³-hybridized carbons (Fsp3) is 0.154. The topological polar surface area (TPSA) is 107 Å². The molecule has 36 heavy (non-hydrogen) atoms. The van der Waals surface area contributed by atoms with Crippen LogP contribution in [0.25, 0.3) is 0 Å². The summed E-state index contributed by atoms with van der Waals surface area (Å²) in [4.78, 5) is 32.0. The van der Waals surface area contributed by atoms with Crippen LogP contribution < -0.4 is 15.4 Å². The number of nitrogens with zero attached hydrogens (tertiary/aromatic N) is 2. The monoisotopic (exact) mass is 505 g/mol. The quantitative estimate of drug-likeness (QED) is 0.261. The molecule has 2 amide bonds. The molecule has 1 saturated heterocycles. The van der Waals surface area contributed by atoms with Gasteiger partial charge in [-0.1, -0.05) is 23.6 Å². The maximum absolute atomic E-state index is 14.9. The summed E-state index contributed by atoms with van der Waals surface area (Å²) in [6.07, 6.45) is 7.73. The number of carbonyl (C=O) groups is 2.